The first-order valence-electron chi connectivity index (χ1n) is 8.68. The summed E-state index contributed by atoms with van der Waals surface area (Å²) in [6.45, 7) is 2.11. The van der Waals surface area contributed by atoms with Crippen LogP contribution in [0.15, 0.2) is 78.4 Å². The maximum absolute atomic E-state index is 13.2. The Morgan fingerprint density at radius 3 is 2.48 bits per heavy atom. The van der Waals surface area contributed by atoms with Crippen LogP contribution in [0.2, 0.25) is 0 Å². The highest BCUT2D eigenvalue weighted by Gasteiger charge is 2.13. The quantitative estimate of drug-likeness (QED) is 0.452. The van der Waals surface area contributed by atoms with Crippen molar-refractivity contribution in [3.63, 3.8) is 0 Å². The Morgan fingerprint density at radius 2 is 1.70 bits per heavy atom. The number of benzene rings is 2. The van der Waals surface area contributed by atoms with Crippen molar-refractivity contribution in [1.82, 2.24) is 9.97 Å². The van der Waals surface area contributed by atoms with Crippen LogP contribution in [0.5, 0.6) is 0 Å². The molecule has 0 fully saturated rings. The second-order valence-electron chi connectivity index (χ2n) is 6.24. The maximum Gasteiger partial charge on any atom is 0.126 e. The van der Waals surface area contributed by atoms with Gasteiger partial charge >= 0.3 is 0 Å². The third kappa shape index (κ3) is 3.88. The SMILES string of the molecule is C[C@H](Nc1cc(-c2scnc2-c2ccc(F)cc2)ccn1)c1ccccc1. The minimum absolute atomic E-state index is 0.145. The molecule has 2 aromatic carbocycles. The molecule has 4 rings (SSSR count). The zero-order chi connectivity index (χ0) is 18.6. The van der Waals surface area contributed by atoms with Crippen molar-refractivity contribution < 1.29 is 4.39 Å². The minimum Gasteiger partial charge on any atom is -0.364 e. The molecule has 0 amide bonds. The van der Waals surface area contributed by atoms with E-state index in [4.69, 9.17) is 0 Å². The average Bonchev–Trinajstić information content (AvgIpc) is 3.19. The first-order chi connectivity index (χ1) is 13.2. The van der Waals surface area contributed by atoms with Crippen molar-refractivity contribution in [2.45, 2.75) is 13.0 Å². The summed E-state index contributed by atoms with van der Waals surface area (Å²) in [5.41, 5.74) is 5.81. The molecule has 0 saturated heterocycles. The normalized spacial score (nSPS) is 11.9. The number of nitrogens with zero attached hydrogens (tertiary/aromatic N) is 2. The van der Waals surface area contributed by atoms with Crippen LogP contribution in [0.25, 0.3) is 21.7 Å². The van der Waals surface area contributed by atoms with Crippen molar-refractivity contribution >= 4 is 17.2 Å². The smallest absolute Gasteiger partial charge is 0.126 e. The van der Waals surface area contributed by atoms with Crippen molar-refractivity contribution in [2.75, 3.05) is 5.32 Å². The Bertz CT molecular complexity index is 1030. The van der Waals surface area contributed by atoms with Gasteiger partial charge in [0.15, 0.2) is 0 Å². The number of thiazole rings is 1. The molecule has 0 saturated carbocycles. The van der Waals surface area contributed by atoms with Gasteiger partial charge < -0.3 is 5.32 Å². The molecule has 0 spiro atoms. The number of rotatable bonds is 5. The molecule has 0 unspecified atom stereocenters. The first kappa shape index (κ1) is 17.4. The van der Waals surface area contributed by atoms with Gasteiger partial charge in [-0.05, 0) is 54.4 Å². The summed E-state index contributed by atoms with van der Waals surface area (Å²) in [5, 5.41) is 3.45. The lowest BCUT2D eigenvalue weighted by Gasteiger charge is -2.15. The number of anilines is 1. The van der Waals surface area contributed by atoms with Gasteiger partial charge in [0.25, 0.3) is 0 Å². The van der Waals surface area contributed by atoms with Gasteiger partial charge in [0.1, 0.15) is 11.6 Å². The van der Waals surface area contributed by atoms with Crippen LogP contribution >= 0.6 is 11.3 Å². The fraction of sp³-hybridized carbons (Fsp3) is 0.0909. The molecule has 2 heterocycles. The van der Waals surface area contributed by atoms with Crippen LogP contribution in [0, 0.1) is 5.82 Å². The van der Waals surface area contributed by atoms with Crippen molar-refractivity contribution in [3.8, 4) is 21.7 Å². The minimum atomic E-state index is -0.249. The van der Waals surface area contributed by atoms with E-state index in [1.165, 1.54) is 17.7 Å². The second-order valence-corrected chi connectivity index (χ2v) is 7.10. The highest BCUT2D eigenvalue weighted by Crippen LogP contribution is 2.35. The maximum atomic E-state index is 13.2. The Kier molecular flexibility index (Phi) is 4.94. The summed E-state index contributed by atoms with van der Waals surface area (Å²) >= 11 is 1.57. The van der Waals surface area contributed by atoms with E-state index in [2.05, 4.69) is 34.3 Å². The summed E-state index contributed by atoms with van der Waals surface area (Å²) in [5.74, 6) is 0.558. The first-order valence-corrected chi connectivity index (χ1v) is 9.56. The topological polar surface area (TPSA) is 37.8 Å². The molecular weight excluding hydrogens is 357 g/mol. The number of hydrogen-bond donors (Lipinski definition) is 1. The highest BCUT2D eigenvalue weighted by molar-refractivity contribution is 7.13. The molecular formula is C22H18FN3S. The van der Waals surface area contributed by atoms with Gasteiger partial charge in [-0.1, -0.05) is 30.3 Å². The zero-order valence-electron chi connectivity index (χ0n) is 14.8. The van der Waals surface area contributed by atoms with Gasteiger partial charge in [0.2, 0.25) is 0 Å². The molecule has 0 aliphatic heterocycles. The molecule has 3 nitrogen and oxygen atoms in total. The summed E-state index contributed by atoms with van der Waals surface area (Å²) < 4.78 is 13.2. The van der Waals surface area contributed by atoms with Crippen LogP contribution in [-0.4, -0.2) is 9.97 Å². The van der Waals surface area contributed by atoms with E-state index >= 15 is 0 Å². The monoisotopic (exact) mass is 375 g/mol. The third-order valence-electron chi connectivity index (χ3n) is 4.37. The predicted molar refractivity (Wildman–Crippen MR) is 109 cm³/mol. The molecule has 5 heteroatoms. The van der Waals surface area contributed by atoms with E-state index in [1.807, 2.05) is 35.8 Å². The van der Waals surface area contributed by atoms with Crippen molar-refractivity contribution in [2.24, 2.45) is 0 Å². The summed E-state index contributed by atoms with van der Waals surface area (Å²) in [4.78, 5) is 9.98. The zero-order valence-corrected chi connectivity index (χ0v) is 15.6. The molecule has 1 atom stereocenters. The number of halogens is 1. The van der Waals surface area contributed by atoms with Crippen LogP contribution < -0.4 is 5.32 Å². The van der Waals surface area contributed by atoms with Gasteiger partial charge in [-0.3, -0.25) is 0 Å². The van der Waals surface area contributed by atoms with Crippen LogP contribution in [-0.2, 0) is 0 Å². The predicted octanol–water partition coefficient (Wildman–Crippen LogP) is 6.18. The van der Waals surface area contributed by atoms with Gasteiger partial charge in [-0.15, -0.1) is 11.3 Å². The van der Waals surface area contributed by atoms with E-state index in [9.17, 15) is 4.39 Å². The summed E-state index contributed by atoms with van der Waals surface area (Å²) in [7, 11) is 0. The number of hydrogen-bond acceptors (Lipinski definition) is 4. The Morgan fingerprint density at radius 1 is 0.926 bits per heavy atom. The van der Waals surface area contributed by atoms with Crippen LogP contribution in [0.1, 0.15) is 18.5 Å². The molecule has 0 aliphatic carbocycles. The van der Waals surface area contributed by atoms with Crippen LogP contribution in [0.4, 0.5) is 10.2 Å². The van der Waals surface area contributed by atoms with Crippen molar-refractivity contribution in [3.05, 3.63) is 89.8 Å². The Labute approximate surface area is 161 Å². The number of nitrogens with one attached hydrogen (secondary N) is 1. The average molecular weight is 375 g/mol. The van der Waals surface area contributed by atoms with E-state index in [0.717, 1.165) is 27.5 Å². The number of aromatic nitrogens is 2. The van der Waals surface area contributed by atoms with Crippen LogP contribution in [0.3, 0.4) is 0 Å². The lowest BCUT2D eigenvalue weighted by molar-refractivity contribution is 0.628. The second kappa shape index (κ2) is 7.68. The third-order valence-corrected chi connectivity index (χ3v) is 5.25. The van der Waals surface area contributed by atoms with Crippen molar-refractivity contribution in [1.29, 1.82) is 0 Å². The van der Waals surface area contributed by atoms with Gasteiger partial charge in [-0.25, -0.2) is 14.4 Å². The lowest BCUT2D eigenvalue weighted by Crippen LogP contribution is -2.07. The van der Waals surface area contributed by atoms with E-state index in [-0.39, 0.29) is 11.9 Å². The molecule has 0 bridgehead atoms. The Balaban J connectivity index is 1.62. The molecule has 2 aromatic heterocycles. The summed E-state index contributed by atoms with van der Waals surface area (Å²) in [6.07, 6.45) is 1.80. The van der Waals surface area contributed by atoms with Gasteiger partial charge in [0.05, 0.1) is 16.1 Å². The van der Waals surface area contributed by atoms with Gasteiger partial charge in [-0.2, -0.15) is 0 Å². The molecule has 4 aromatic rings. The fourth-order valence-electron chi connectivity index (χ4n) is 2.96. The molecule has 1 N–H and O–H groups in total. The standard InChI is InChI=1S/C22H18FN3S/c1-15(16-5-3-2-4-6-16)26-20-13-18(11-12-24-20)22-21(25-14-27-22)17-7-9-19(23)10-8-17/h2-15H,1H3,(H,24,26)/t15-/m0/s1. The largest absolute Gasteiger partial charge is 0.364 e. The molecule has 27 heavy (non-hydrogen) atoms. The van der Waals surface area contributed by atoms with E-state index < -0.39 is 0 Å². The van der Waals surface area contributed by atoms with Gasteiger partial charge in [0, 0.05) is 17.8 Å². The Hall–Kier alpha value is -3.05. The van der Waals surface area contributed by atoms with E-state index in [1.54, 1.807) is 29.7 Å². The lowest BCUT2D eigenvalue weighted by atomic mass is 10.1. The molecule has 0 aliphatic rings. The van der Waals surface area contributed by atoms with E-state index in [0.29, 0.717) is 0 Å². The molecule has 134 valence electrons. The number of pyridine rings is 1. The molecule has 0 radical (unpaired) electrons. The summed E-state index contributed by atoms with van der Waals surface area (Å²) in [6, 6.07) is 20.8. The highest BCUT2D eigenvalue weighted by atomic mass is 32.1. The fourth-order valence-corrected chi connectivity index (χ4v) is 3.77.